The summed E-state index contributed by atoms with van der Waals surface area (Å²) in [4.78, 5) is 24.2. The Labute approximate surface area is 169 Å². The Morgan fingerprint density at radius 3 is 2.21 bits per heavy atom. The summed E-state index contributed by atoms with van der Waals surface area (Å²) in [5.74, 6) is -3.53. The molecule has 0 spiro atoms. The molecule has 8 heteroatoms. The molecule has 0 radical (unpaired) electrons. The summed E-state index contributed by atoms with van der Waals surface area (Å²) in [6.07, 6.45) is 1.66. The van der Waals surface area contributed by atoms with E-state index in [1.54, 1.807) is 19.9 Å². The zero-order valence-electron chi connectivity index (χ0n) is 15.6. The van der Waals surface area contributed by atoms with Crippen molar-refractivity contribution < 1.29 is 34.8 Å². The van der Waals surface area contributed by atoms with E-state index < -0.39 is 23.4 Å². The quantitative estimate of drug-likeness (QED) is 0.398. The Morgan fingerprint density at radius 2 is 1.68 bits per heavy atom. The smallest absolute Gasteiger partial charge is 0.347 e. The monoisotopic (exact) mass is 450 g/mol. The van der Waals surface area contributed by atoms with Crippen LogP contribution in [0.15, 0.2) is 22.7 Å². The van der Waals surface area contributed by atoms with Gasteiger partial charge in [-0.1, -0.05) is 6.08 Å². The molecule has 0 fully saturated rings. The maximum Gasteiger partial charge on any atom is 0.347 e. The van der Waals surface area contributed by atoms with Gasteiger partial charge in [0.05, 0.1) is 0 Å². The molecule has 0 unspecified atom stereocenters. The van der Waals surface area contributed by atoms with Gasteiger partial charge in [-0.15, -0.1) is 0 Å². The Bertz CT molecular complexity index is 1020. The average Bonchev–Trinajstić information content (AvgIpc) is 2.62. The van der Waals surface area contributed by atoms with Crippen molar-refractivity contribution in [2.24, 2.45) is 0 Å². The number of carboxylic acids is 1. The zero-order valence-corrected chi connectivity index (χ0v) is 17.2. The summed E-state index contributed by atoms with van der Waals surface area (Å²) in [6, 6.07) is 2.64. The number of allylic oxidation sites excluding steroid dienone is 2. The van der Waals surface area contributed by atoms with Gasteiger partial charge in [-0.25, -0.2) is 9.59 Å². The highest BCUT2D eigenvalue weighted by Crippen LogP contribution is 2.40. The Morgan fingerprint density at radius 1 is 1.07 bits per heavy atom. The van der Waals surface area contributed by atoms with Crippen LogP contribution in [0.5, 0.6) is 23.0 Å². The number of hydrogen-bond acceptors (Lipinski definition) is 6. The fraction of sp³-hybridized carbons (Fsp3) is 0.200. The Balaban J connectivity index is 2.62. The molecule has 7 nitrogen and oxygen atoms in total. The Hall–Kier alpha value is -3.00. The number of carbonyl (C=O) groups excluding carboxylic acids is 1. The summed E-state index contributed by atoms with van der Waals surface area (Å²) in [6.45, 7) is 6.29. The number of aryl methyl sites for hydroxylation is 1. The van der Waals surface area contributed by atoms with Gasteiger partial charge in [0.1, 0.15) is 38.6 Å². The number of halogens is 1. The van der Waals surface area contributed by atoms with Crippen LogP contribution in [-0.2, 0) is 0 Å². The van der Waals surface area contributed by atoms with Crippen LogP contribution in [0.2, 0.25) is 0 Å². The SMILES string of the molecule is CC=C(C)c1cc(OC(=O)c2c(C)cc(O)c(Br)c2O)c(C)c(O)c1C(=O)O. The van der Waals surface area contributed by atoms with E-state index in [0.717, 1.165) is 0 Å². The number of carbonyl (C=O) groups is 2. The summed E-state index contributed by atoms with van der Waals surface area (Å²) < 4.78 is 5.30. The number of carboxylic acid groups (broad SMARTS) is 1. The molecule has 0 saturated carbocycles. The van der Waals surface area contributed by atoms with E-state index in [2.05, 4.69) is 15.9 Å². The normalized spacial score (nSPS) is 11.4. The van der Waals surface area contributed by atoms with Crippen LogP contribution >= 0.6 is 15.9 Å². The highest BCUT2D eigenvalue weighted by molar-refractivity contribution is 9.10. The lowest BCUT2D eigenvalue weighted by atomic mass is 9.96. The van der Waals surface area contributed by atoms with Gasteiger partial charge in [-0.05, 0) is 72.5 Å². The summed E-state index contributed by atoms with van der Waals surface area (Å²) >= 11 is 2.99. The molecule has 0 saturated heterocycles. The fourth-order valence-electron chi connectivity index (χ4n) is 2.70. The van der Waals surface area contributed by atoms with Gasteiger partial charge in [0, 0.05) is 5.56 Å². The minimum absolute atomic E-state index is 0.0494. The van der Waals surface area contributed by atoms with Gasteiger partial charge >= 0.3 is 11.9 Å². The number of ether oxygens (including phenoxy) is 1. The van der Waals surface area contributed by atoms with E-state index in [1.807, 2.05) is 0 Å². The molecule has 0 aliphatic rings. The first kappa shape index (κ1) is 21.3. The number of benzene rings is 2. The molecule has 0 aliphatic carbocycles. The maximum absolute atomic E-state index is 12.7. The van der Waals surface area contributed by atoms with Gasteiger partial charge in [-0.2, -0.15) is 0 Å². The van der Waals surface area contributed by atoms with Crippen LogP contribution in [-0.4, -0.2) is 32.4 Å². The first-order chi connectivity index (χ1) is 13.0. The number of hydrogen-bond donors (Lipinski definition) is 4. The molecule has 2 rings (SSSR count). The van der Waals surface area contributed by atoms with Crippen molar-refractivity contribution in [3.8, 4) is 23.0 Å². The minimum atomic E-state index is -1.31. The summed E-state index contributed by atoms with van der Waals surface area (Å²) in [5, 5.41) is 39.7. The first-order valence-corrected chi connectivity index (χ1v) is 8.96. The molecule has 0 amide bonds. The maximum atomic E-state index is 12.7. The van der Waals surface area contributed by atoms with Crippen molar-refractivity contribution in [3.05, 3.63) is 50.5 Å². The number of phenols is 3. The van der Waals surface area contributed by atoms with E-state index in [4.69, 9.17) is 4.74 Å². The molecular formula is C20H19BrO7. The number of phenolic OH excluding ortho intramolecular Hbond substituents is 2. The van der Waals surface area contributed by atoms with Gasteiger partial charge in [0.2, 0.25) is 0 Å². The van der Waals surface area contributed by atoms with Crippen LogP contribution < -0.4 is 4.74 Å². The Kier molecular flexibility index (Phi) is 6.04. The standard InChI is InChI=1S/C20H19BrO7/c1-5-8(2)11-7-13(10(4)17(23)15(11)19(25)26)28-20(27)14-9(3)6-12(22)16(21)18(14)24/h5-7,22-24H,1-4H3,(H,25,26). The van der Waals surface area contributed by atoms with Crippen molar-refractivity contribution in [2.75, 3.05) is 0 Å². The van der Waals surface area contributed by atoms with Gasteiger partial charge in [0.15, 0.2) is 0 Å². The molecule has 2 aromatic carbocycles. The van der Waals surface area contributed by atoms with Gasteiger partial charge < -0.3 is 25.2 Å². The lowest BCUT2D eigenvalue weighted by Crippen LogP contribution is -2.13. The molecule has 0 bridgehead atoms. The van der Waals surface area contributed by atoms with Crippen molar-refractivity contribution >= 4 is 33.4 Å². The van der Waals surface area contributed by atoms with Crippen LogP contribution in [0.4, 0.5) is 0 Å². The predicted octanol–water partition coefficient (Wildman–Crippen LogP) is 4.52. The van der Waals surface area contributed by atoms with E-state index in [9.17, 15) is 30.0 Å². The molecule has 148 valence electrons. The van der Waals surface area contributed by atoms with Gasteiger partial charge in [0.25, 0.3) is 0 Å². The van der Waals surface area contributed by atoms with E-state index in [-0.39, 0.29) is 43.8 Å². The van der Waals surface area contributed by atoms with E-state index in [0.29, 0.717) is 5.57 Å². The topological polar surface area (TPSA) is 124 Å². The molecule has 4 N–H and O–H groups in total. The molecule has 28 heavy (non-hydrogen) atoms. The second-order valence-electron chi connectivity index (χ2n) is 6.19. The number of aromatic hydroxyl groups is 3. The summed E-state index contributed by atoms with van der Waals surface area (Å²) in [5.41, 5.74) is 0.644. The molecule has 0 aliphatic heterocycles. The molecule has 0 aromatic heterocycles. The third kappa shape index (κ3) is 3.68. The average molecular weight is 451 g/mol. The lowest BCUT2D eigenvalue weighted by Gasteiger charge is -2.16. The predicted molar refractivity (Wildman–Crippen MR) is 106 cm³/mol. The molecular weight excluding hydrogens is 432 g/mol. The van der Waals surface area contributed by atoms with Crippen LogP contribution in [0.3, 0.4) is 0 Å². The van der Waals surface area contributed by atoms with Crippen molar-refractivity contribution in [1.82, 2.24) is 0 Å². The number of rotatable bonds is 4. The van der Waals surface area contributed by atoms with Crippen molar-refractivity contribution in [3.63, 3.8) is 0 Å². The van der Waals surface area contributed by atoms with Crippen LogP contribution in [0, 0.1) is 13.8 Å². The zero-order chi connectivity index (χ0) is 21.3. The number of esters is 1. The highest BCUT2D eigenvalue weighted by Gasteiger charge is 2.26. The lowest BCUT2D eigenvalue weighted by molar-refractivity contribution is 0.0692. The van der Waals surface area contributed by atoms with Crippen LogP contribution in [0.1, 0.15) is 51.3 Å². The summed E-state index contributed by atoms with van der Waals surface area (Å²) in [7, 11) is 0. The minimum Gasteiger partial charge on any atom is -0.507 e. The first-order valence-electron chi connectivity index (χ1n) is 8.17. The third-order valence-corrected chi connectivity index (χ3v) is 5.18. The number of aromatic carboxylic acids is 1. The molecule has 0 atom stereocenters. The van der Waals surface area contributed by atoms with Crippen molar-refractivity contribution in [1.29, 1.82) is 0 Å². The molecule has 2 aromatic rings. The van der Waals surface area contributed by atoms with Crippen molar-refractivity contribution in [2.45, 2.75) is 27.7 Å². The largest absolute Gasteiger partial charge is 0.507 e. The second-order valence-corrected chi connectivity index (χ2v) is 6.98. The third-order valence-electron chi connectivity index (χ3n) is 4.40. The van der Waals surface area contributed by atoms with E-state index >= 15 is 0 Å². The molecule has 0 heterocycles. The fourth-order valence-corrected chi connectivity index (χ4v) is 3.01. The highest BCUT2D eigenvalue weighted by atomic mass is 79.9. The van der Waals surface area contributed by atoms with E-state index in [1.165, 1.54) is 26.0 Å². The van der Waals surface area contributed by atoms with Gasteiger partial charge in [-0.3, -0.25) is 0 Å². The second kappa shape index (κ2) is 7.93. The van der Waals surface area contributed by atoms with Crippen LogP contribution in [0.25, 0.3) is 5.57 Å².